The molecule has 2 heteroatoms. The first-order chi connectivity index (χ1) is 14.9. The van der Waals surface area contributed by atoms with Crippen LogP contribution in [-0.4, -0.2) is 19.3 Å². The Labute approximate surface area is 193 Å². The van der Waals surface area contributed by atoms with Crippen LogP contribution in [0, 0.1) is 16.7 Å². The quantitative estimate of drug-likeness (QED) is 0.487. The fourth-order valence-corrected chi connectivity index (χ4v) is 7.06. The van der Waals surface area contributed by atoms with Gasteiger partial charge in [-0.3, -0.25) is 4.99 Å². The van der Waals surface area contributed by atoms with Crippen LogP contribution in [0.1, 0.15) is 111 Å². The van der Waals surface area contributed by atoms with Crippen molar-refractivity contribution in [2.75, 3.05) is 7.05 Å². The summed E-state index contributed by atoms with van der Waals surface area (Å²) in [5, 5.41) is 0. The van der Waals surface area contributed by atoms with Crippen molar-refractivity contribution in [1.82, 2.24) is 0 Å². The number of hydrogen-bond donors (Lipinski definition) is 1. The molecule has 0 amide bonds. The number of hydrogen-bond acceptors (Lipinski definition) is 2. The van der Waals surface area contributed by atoms with E-state index in [1.807, 2.05) is 13.8 Å². The number of rotatable bonds is 4. The molecule has 2 nitrogen and oxygen atoms in total. The van der Waals surface area contributed by atoms with Gasteiger partial charge in [0.15, 0.2) is 0 Å². The third-order valence-electron chi connectivity index (χ3n) is 8.13. The highest BCUT2D eigenvalue weighted by Gasteiger charge is 2.53. The van der Waals surface area contributed by atoms with Crippen molar-refractivity contribution >= 4 is 6.21 Å². The van der Waals surface area contributed by atoms with Crippen molar-refractivity contribution in [3.8, 4) is 0 Å². The minimum atomic E-state index is 0.269. The molecule has 3 aliphatic rings. The second-order valence-electron chi connectivity index (χ2n) is 10.9. The van der Waals surface area contributed by atoms with Crippen LogP contribution in [0.3, 0.4) is 0 Å². The Balaban J connectivity index is 0.000000807. The van der Waals surface area contributed by atoms with Gasteiger partial charge in [-0.2, -0.15) is 0 Å². The van der Waals surface area contributed by atoms with E-state index in [0.717, 1.165) is 5.92 Å². The van der Waals surface area contributed by atoms with Crippen molar-refractivity contribution < 1.29 is 0 Å². The topological polar surface area (TPSA) is 38.4 Å². The van der Waals surface area contributed by atoms with Gasteiger partial charge in [-0.25, -0.2) is 0 Å². The number of aliphatic imine (C=N–C) groups is 1. The fraction of sp³-hybridized carbons (Fsp3) is 0.759. The molecule has 0 heterocycles. The number of nitrogens with zero attached hydrogens (tertiary/aromatic N) is 1. The van der Waals surface area contributed by atoms with Crippen LogP contribution >= 0.6 is 0 Å². The molecule has 1 aromatic rings. The smallest absolute Gasteiger partial charge is 0.0496 e. The Morgan fingerprint density at radius 1 is 0.935 bits per heavy atom. The minimum absolute atomic E-state index is 0.269. The molecule has 0 spiro atoms. The lowest BCUT2D eigenvalue weighted by atomic mass is 9.47. The van der Waals surface area contributed by atoms with Crippen molar-refractivity contribution in [3.63, 3.8) is 0 Å². The maximum absolute atomic E-state index is 5.16. The third kappa shape index (κ3) is 6.44. The molecule has 2 bridgehead atoms. The van der Waals surface area contributed by atoms with Gasteiger partial charge in [-0.1, -0.05) is 90.6 Å². The van der Waals surface area contributed by atoms with Gasteiger partial charge in [0.2, 0.25) is 0 Å². The number of fused-ring (bicyclic) bond motifs is 2. The van der Waals surface area contributed by atoms with Gasteiger partial charge in [0, 0.05) is 17.7 Å². The Morgan fingerprint density at radius 3 is 2.19 bits per heavy atom. The van der Waals surface area contributed by atoms with Crippen molar-refractivity contribution in [2.24, 2.45) is 27.5 Å². The first-order valence-corrected chi connectivity index (χ1v) is 13.1. The average molecular weight is 427 g/mol. The summed E-state index contributed by atoms with van der Waals surface area (Å²) >= 11 is 0. The van der Waals surface area contributed by atoms with Gasteiger partial charge in [0.25, 0.3) is 0 Å². The summed E-state index contributed by atoms with van der Waals surface area (Å²) in [6.07, 6.45) is 17.3. The van der Waals surface area contributed by atoms with Crippen molar-refractivity contribution in [2.45, 2.75) is 117 Å². The lowest BCUT2D eigenvalue weighted by Crippen LogP contribution is -2.50. The lowest BCUT2D eigenvalue weighted by molar-refractivity contribution is 0.00346. The summed E-state index contributed by atoms with van der Waals surface area (Å²) in [5.74, 6) is 0.848. The highest BCUT2D eigenvalue weighted by molar-refractivity contribution is 5.66. The first kappa shape index (κ1) is 26.1. The first-order valence-electron chi connectivity index (χ1n) is 13.1. The lowest BCUT2D eigenvalue weighted by Gasteiger charge is -2.57. The van der Waals surface area contributed by atoms with Gasteiger partial charge < -0.3 is 5.73 Å². The van der Waals surface area contributed by atoms with E-state index >= 15 is 0 Å². The molecule has 3 aliphatic carbocycles. The van der Waals surface area contributed by atoms with Gasteiger partial charge in [0.1, 0.15) is 0 Å². The van der Waals surface area contributed by atoms with E-state index in [4.69, 9.17) is 4.99 Å². The molecule has 0 radical (unpaired) electrons. The molecule has 0 aromatic heterocycles. The van der Waals surface area contributed by atoms with E-state index < -0.39 is 0 Å². The number of benzene rings is 1. The standard InChI is InChI=1S/C26H39N.C2H6.CH5N/c1-4-24(2)15-21-16-25(3,20-27-23-13-9-6-10-14-23)19-26(17-21,18-24)22-11-7-5-8-12-22;2*1-2/h5,7-8,11-12,20-21,23H,4,6,9-10,13-19H2,1-3H3;1-2H3;2H2,1H3. The second-order valence-corrected chi connectivity index (χ2v) is 10.9. The molecule has 4 unspecified atom stereocenters. The van der Waals surface area contributed by atoms with E-state index in [-0.39, 0.29) is 5.41 Å². The van der Waals surface area contributed by atoms with Gasteiger partial charge in [-0.05, 0) is 74.3 Å². The van der Waals surface area contributed by atoms with Crippen LogP contribution in [0.4, 0.5) is 0 Å². The molecule has 3 saturated carbocycles. The molecule has 4 atom stereocenters. The summed E-state index contributed by atoms with van der Waals surface area (Å²) in [4.78, 5) is 5.16. The predicted octanol–water partition coefficient (Wildman–Crippen LogP) is 7.95. The molecule has 0 aliphatic heterocycles. The van der Waals surface area contributed by atoms with Crippen molar-refractivity contribution in [3.05, 3.63) is 35.9 Å². The highest BCUT2D eigenvalue weighted by atomic mass is 14.8. The normalized spacial score (nSPS) is 35.5. The van der Waals surface area contributed by atoms with E-state index in [0.29, 0.717) is 16.9 Å². The van der Waals surface area contributed by atoms with E-state index in [1.165, 1.54) is 77.7 Å². The molecule has 2 N–H and O–H groups in total. The maximum atomic E-state index is 5.16. The van der Waals surface area contributed by atoms with Crippen LogP contribution in [-0.2, 0) is 5.41 Å². The van der Waals surface area contributed by atoms with E-state index in [2.05, 4.69) is 63.1 Å². The molecule has 1 aromatic carbocycles. The maximum Gasteiger partial charge on any atom is 0.0496 e. The average Bonchev–Trinajstić information content (AvgIpc) is 2.81. The molecule has 4 rings (SSSR count). The second kappa shape index (κ2) is 11.6. The SMILES string of the molecule is CC.CCC1(C)CC2CC(C)(C=NC3CCCCC3)CC(c3ccccc3)(C2)C1.CN. The zero-order valence-electron chi connectivity index (χ0n) is 21.4. The Bertz CT molecular complexity index is 663. The van der Waals surface area contributed by atoms with E-state index in [1.54, 1.807) is 5.56 Å². The molecule has 31 heavy (non-hydrogen) atoms. The Kier molecular flexibility index (Phi) is 9.80. The van der Waals surface area contributed by atoms with Crippen LogP contribution in [0.5, 0.6) is 0 Å². The van der Waals surface area contributed by atoms with Gasteiger partial charge in [0.05, 0.1) is 0 Å². The molecular weight excluding hydrogens is 376 g/mol. The Hall–Kier alpha value is -1.15. The molecule has 0 saturated heterocycles. The summed E-state index contributed by atoms with van der Waals surface area (Å²) in [5.41, 5.74) is 7.21. The zero-order chi connectivity index (χ0) is 23.0. The summed E-state index contributed by atoms with van der Waals surface area (Å²) < 4.78 is 0. The molecule has 3 fully saturated rings. The summed E-state index contributed by atoms with van der Waals surface area (Å²) in [6.45, 7) is 11.5. The largest absolute Gasteiger partial charge is 0.333 e. The van der Waals surface area contributed by atoms with E-state index in [9.17, 15) is 0 Å². The van der Waals surface area contributed by atoms with Crippen LogP contribution in [0.15, 0.2) is 35.3 Å². The summed E-state index contributed by atoms with van der Waals surface area (Å²) in [6, 6.07) is 12.1. The van der Waals surface area contributed by atoms with Crippen LogP contribution in [0.25, 0.3) is 0 Å². The molecular formula is C29H50N2. The van der Waals surface area contributed by atoms with Gasteiger partial charge >= 0.3 is 0 Å². The zero-order valence-corrected chi connectivity index (χ0v) is 21.4. The monoisotopic (exact) mass is 426 g/mol. The minimum Gasteiger partial charge on any atom is -0.333 e. The van der Waals surface area contributed by atoms with Crippen molar-refractivity contribution in [1.29, 1.82) is 0 Å². The molecule has 176 valence electrons. The Morgan fingerprint density at radius 2 is 1.58 bits per heavy atom. The van der Waals surface area contributed by atoms with Crippen LogP contribution in [0.2, 0.25) is 0 Å². The highest BCUT2D eigenvalue weighted by Crippen LogP contribution is 2.61. The fourth-order valence-electron chi connectivity index (χ4n) is 7.06. The predicted molar refractivity (Wildman–Crippen MR) is 138 cm³/mol. The number of nitrogens with two attached hydrogens (primary N) is 1. The summed E-state index contributed by atoms with van der Waals surface area (Å²) in [7, 11) is 1.50. The van der Waals surface area contributed by atoms with Gasteiger partial charge in [-0.15, -0.1) is 0 Å². The third-order valence-corrected chi connectivity index (χ3v) is 8.13. The van der Waals surface area contributed by atoms with Crippen LogP contribution < -0.4 is 5.73 Å².